The van der Waals surface area contributed by atoms with Gasteiger partial charge in [-0.25, -0.2) is 0 Å². The summed E-state index contributed by atoms with van der Waals surface area (Å²) in [6.45, 7) is 10.1. The van der Waals surface area contributed by atoms with E-state index < -0.39 is 16.0 Å². The Hall–Kier alpha value is 0.544. The smallest absolute Gasteiger partial charge is 0.382 e. The molecule has 0 aliphatic heterocycles. The zero-order chi connectivity index (χ0) is 18.3. The molecule has 146 valence electrons. The summed E-state index contributed by atoms with van der Waals surface area (Å²) in [6.07, 6.45) is 1.02. The standard InChI is InChI=1S/C15H36O6SSi2/c1-16-8-11-19-24(20-12-9-17-2,21-13-10-18-3)15-7-14-22-23(4,5)6/h7-15H2,1-6H3. The van der Waals surface area contributed by atoms with E-state index in [9.17, 15) is 0 Å². The molecular weight excluding hydrogens is 364 g/mol. The van der Waals surface area contributed by atoms with Crippen LogP contribution in [0.4, 0.5) is 0 Å². The first-order chi connectivity index (χ1) is 11.4. The van der Waals surface area contributed by atoms with E-state index in [-0.39, 0.29) is 0 Å². The molecule has 0 N–H and O–H groups in total. The average Bonchev–Trinajstić information content (AvgIpc) is 2.51. The Morgan fingerprint density at radius 3 is 1.42 bits per heavy atom. The van der Waals surface area contributed by atoms with E-state index in [1.54, 1.807) is 21.3 Å². The minimum absolute atomic E-state index is 0.476. The molecule has 0 aliphatic rings. The summed E-state index contributed by atoms with van der Waals surface area (Å²) < 4.78 is 33.5. The topological polar surface area (TPSA) is 55.4 Å². The van der Waals surface area contributed by atoms with Crippen molar-refractivity contribution in [2.24, 2.45) is 0 Å². The van der Waals surface area contributed by atoms with Crippen LogP contribution in [-0.4, -0.2) is 82.8 Å². The second-order valence-corrected chi connectivity index (χ2v) is 18.5. The van der Waals surface area contributed by atoms with Crippen LogP contribution in [0.15, 0.2) is 0 Å². The number of hydrogen-bond donors (Lipinski definition) is 0. The van der Waals surface area contributed by atoms with Gasteiger partial charge >= 0.3 is 8.80 Å². The summed E-state index contributed by atoms with van der Waals surface area (Å²) in [6, 6.07) is 0.807. The molecule has 0 saturated carbocycles. The largest absolute Gasteiger partial charge is 0.501 e. The quantitative estimate of drug-likeness (QED) is 0.275. The Balaban J connectivity index is 4.65. The minimum Gasteiger partial charge on any atom is -0.382 e. The second-order valence-electron chi connectivity index (χ2n) is 6.27. The third kappa shape index (κ3) is 13.8. The lowest BCUT2D eigenvalue weighted by Gasteiger charge is -2.30. The van der Waals surface area contributed by atoms with Crippen LogP contribution in [0.1, 0.15) is 6.42 Å². The van der Waals surface area contributed by atoms with E-state index >= 15 is 0 Å². The predicted molar refractivity (Wildman–Crippen MR) is 104 cm³/mol. The molecule has 0 aliphatic carbocycles. The number of methoxy groups -OCH3 is 3. The van der Waals surface area contributed by atoms with Crippen molar-refractivity contribution in [3.8, 4) is 0 Å². The summed E-state index contributed by atoms with van der Waals surface area (Å²) in [5, 5.41) is 0. The zero-order valence-corrected chi connectivity index (χ0v) is 19.0. The molecule has 0 heterocycles. The fraction of sp³-hybridized carbons (Fsp3) is 1.00. The molecular formula is C15H36O6SSi2. The van der Waals surface area contributed by atoms with Gasteiger partial charge in [-0.1, -0.05) is 19.6 Å². The van der Waals surface area contributed by atoms with Gasteiger partial charge in [-0.3, -0.25) is 0 Å². The van der Waals surface area contributed by atoms with E-state index in [2.05, 4.69) is 30.9 Å². The SMILES string of the molecule is COCCO[Si](CCCS[Si](C)(C)C)(OCCOC)OCCOC. The van der Waals surface area contributed by atoms with E-state index in [1.807, 2.05) is 0 Å². The maximum Gasteiger partial charge on any atom is 0.501 e. The average molecular weight is 401 g/mol. The molecule has 0 aromatic heterocycles. The molecule has 0 aromatic carbocycles. The highest BCUT2D eigenvalue weighted by Crippen LogP contribution is 2.24. The molecule has 0 rings (SSSR count). The highest BCUT2D eigenvalue weighted by atomic mass is 32.4. The first-order valence-corrected chi connectivity index (χ1v) is 15.6. The Kier molecular flexibility index (Phi) is 15.0. The lowest BCUT2D eigenvalue weighted by Crippen LogP contribution is -2.48. The van der Waals surface area contributed by atoms with Crippen molar-refractivity contribution in [1.82, 2.24) is 0 Å². The summed E-state index contributed by atoms with van der Waals surface area (Å²) >= 11 is 2.08. The van der Waals surface area contributed by atoms with E-state index in [4.69, 9.17) is 27.5 Å². The highest BCUT2D eigenvalue weighted by Gasteiger charge is 2.40. The lowest BCUT2D eigenvalue weighted by atomic mass is 10.6. The maximum atomic E-state index is 6.06. The lowest BCUT2D eigenvalue weighted by molar-refractivity contribution is 0.0146. The second kappa shape index (κ2) is 14.7. The molecule has 0 amide bonds. The molecule has 0 radical (unpaired) electrons. The van der Waals surface area contributed by atoms with Crippen molar-refractivity contribution in [2.45, 2.75) is 32.1 Å². The molecule has 24 heavy (non-hydrogen) atoms. The normalized spacial score (nSPS) is 12.8. The molecule has 0 unspecified atom stereocenters. The van der Waals surface area contributed by atoms with Crippen molar-refractivity contribution >= 4 is 27.2 Å². The molecule has 0 aromatic rings. The third-order valence-electron chi connectivity index (χ3n) is 2.99. The van der Waals surface area contributed by atoms with Crippen LogP contribution in [0.5, 0.6) is 0 Å². The van der Waals surface area contributed by atoms with Crippen LogP contribution in [0.25, 0.3) is 0 Å². The number of rotatable bonds is 17. The van der Waals surface area contributed by atoms with Crippen molar-refractivity contribution < 1.29 is 27.5 Å². The van der Waals surface area contributed by atoms with E-state index in [0.717, 1.165) is 18.2 Å². The van der Waals surface area contributed by atoms with Crippen molar-refractivity contribution in [3.05, 3.63) is 0 Å². The van der Waals surface area contributed by atoms with Crippen LogP contribution in [0, 0.1) is 0 Å². The molecule has 0 bridgehead atoms. The molecule has 0 saturated heterocycles. The van der Waals surface area contributed by atoms with Gasteiger partial charge in [0.05, 0.1) is 39.6 Å². The molecule has 0 spiro atoms. The summed E-state index contributed by atoms with van der Waals surface area (Å²) in [5.41, 5.74) is 0. The predicted octanol–water partition coefficient (Wildman–Crippen LogP) is 2.87. The Morgan fingerprint density at radius 1 is 0.667 bits per heavy atom. The van der Waals surface area contributed by atoms with Crippen LogP contribution in [0.2, 0.25) is 25.7 Å². The third-order valence-corrected chi connectivity index (χ3v) is 10.5. The van der Waals surface area contributed by atoms with Gasteiger partial charge in [0, 0.05) is 27.4 Å². The number of hydrogen-bond acceptors (Lipinski definition) is 7. The van der Waals surface area contributed by atoms with Gasteiger partial charge in [-0.05, 0) is 12.2 Å². The van der Waals surface area contributed by atoms with Crippen molar-refractivity contribution in [1.29, 1.82) is 0 Å². The number of ether oxygens (including phenoxy) is 3. The van der Waals surface area contributed by atoms with E-state index in [0.29, 0.717) is 39.6 Å². The molecule has 9 heteroatoms. The van der Waals surface area contributed by atoms with Gasteiger partial charge in [0.25, 0.3) is 0 Å². The summed E-state index contributed by atoms with van der Waals surface area (Å²) in [7, 11) is 1.15. The fourth-order valence-corrected chi connectivity index (χ4v) is 7.75. The molecule has 0 atom stereocenters. The fourth-order valence-electron chi connectivity index (χ4n) is 1.85. The Bertz CT molecular complexity index is 265. The summed E-state index contributed by atoms with van der Waals surface area (Å²) in [5.74, 6) is 1.11. The Labute approximate surface area is 153 Å². The van der Waals surface area contributed by atoms with Crippen LogP contribution in [0.3, 0.4) is 0 Å². The minimum atomic E-state index is -2.74. The summed E-state index contributed by atoms with van der Waals surface area (Å²) in [4.78, 5) is 0. The van der Waals surface area contributed by atoms with Gasteiger partial charge in [0.15, 0.2) is 0 Å². The monoisotopic (exact) mass is 400 g/mol. The molecule has 0 fully saturated rings. The van der Waals surface area contributed by atoms with Gasteiger partial charge in [0.2, 0.25) is 0 Å². The molecule has 6 nitrogen and oxygen atoms in total. The van der Waals surface area contributed by atoms with Crippen LogP contribution < -0.4 is 0 Å². The van der Waals surface area contributed by atoms with Gasteiger partial charge < -0.3 is 27.5 Å². The Morgan fingerprint density at radius 2 is 1.08 bits per heavy atom. The van der Waals surface area contributed by atoms with Gasteiger partial charge in [-0.15, -0.1) is 0 Å². The van der Waals surface area contributed by atoms with Gasteiger partial charge in [0.1, 0.15) is 7.22 Å². The van der Waals surface area contributed by atoms with Crippen LogP contribution >= 0.6 is 11.2 Å². The highest BCUT2D eigenvalue weighted by molar-refractivity contribution is 8.28. The first-order valence-electron chi connectivity index (χ1n) is 8.42. The zero-order valence-electron chi connectivity index (χ0n) is 16.2. The van der Waals surface area contributed by atoms with Crippen LogP contribution in [-0.2, 0) is 27.5 Å². The van der Waals surface area contributed by atoms with Crippen molar-refractivity contribution in [3.63, 3.8) is 0 Å². The first kappa shape index (κ1) is 24.5. The van der Waals surface area contributed by atoms with E-state index in [1.165, 1.54) is 0 Å². The van der Waals surface area contributed by atoms with Gasteiger partial charge in [-0.2, -0.15) is 11.2 Å². The van der Waals surface area contributed by atoms with Crippen molar-refractivity contribution in [2.75, 3.05) is 66.7 Å². The maximum absolute atomic E-state index is 6.06.